The van der Waals surface area contributed by atoms with Gasteiger partial charge in [0.15, 0.2) is 10.8 Å². The number of carbonyl (C=O) groups is 1. The number of carboxylic acids is 1. The molecule has 0 amide bonds. The Labute approximate surface area is 185 Å². The summed E-state index contributed by atoms with van der Waals surface area (Å²) in [7, 11) is 0. The summed E-state index contributed by atoms with van der Waals surface area (Å²) in [5.41, 5.74) is 8.36. The van der Waals surface area contributed by atoms with E-state index < -0.39 is 5.97 Å². The highest BCUT2D eigenvalue weighted by molar-refractivity contribution is 7.99. The van der Waals surface area contributed by atoms with E-state index in [9.17, 15) is 9.90 Å². The van der Waals surface area contributed by atoms with Crippen molar-refractivity contribution in [3.05, 3.63) is 63.8 Å². The highest BCUT2D eigenvalue weighted by Crippen LogP contribution is 2.32. The predicted molar refractivity (Wildman–Crippen MR) is 118 cm³/mol. The molecule has 0 spiro atoms. The highest BCUT2D eigenvalue weighted by atomic mass is 35.5. The molecule has 3 N–H and O–H groups in total. The molecule has 152 valence electrons. The first-order valence-electron chi connectivity index (χ1n) is 8.88. The van der Waals surface area contributed by atoms with Crippen molar-refractivity contribution in [3.8, 4) is 5.69 Å². The second kappa shape index (κ2) is 8.14. The standard InChI is InChI=1S/C20H15Cl2N5O2S/c1-2-15-16-17(23)24-20(30-14-5-3-4-10(6-14)19(28)29)25-18(16)27(26-15)13-8-11(21)7-12(22)9-13/h3-9H,2H2,1H3,(H,28,29)(H2,23,24,25). The SMILES string of the molecule is CCc1nn(-c2cc(Cl)cc(Cl)c2)c2nc(Sc3cccc(C(=O)O)c3)nc(N)c12. The molecule has 4 rings (SSSR count). The maximum Gasteiger partial charge on any atom is 0.335 e. The number of hydrogen-bond acceptors (Lipinski definition) is 6. The van der Waals surface area contributed by atoms with Crippen molar-refractivity contribution in [1.29, 1.82) is 0 Å². The molecule has 0 saturated carbocycles. The Bertz CT molecular complexity index is 1270. The molecule has 2 aromatic carbocycles. The maximum absolute atomic E-state index is 11.2. The Morgan fingerprint density at radius 1 is 1.17 bits per heavy atom. The number of nitrogens with two attached hydrogens (primary N) is 1. The van der Waals surface area contributed by atoms with Crippen LogP contribution in [0.5, 0.6) is 0 Å². The van der Waals surface area contributed by atoms with E-state index in [1.165, 1.54) is 17.8 Å². The topological polar surface area (TPSA) is 107 Å². The number of hydrogen-bond donors (Lipinski definition) is 2. The Kier molecular flexibility index (Phi) is 5.55. The molecule has 0 unspecified atom stereocenters. The molecule has 0 aliphatic carbocycles. The van der Waals surface area contributed by atoms with E-state index in [2.05, 4.69) is 15.1 Å². The van der Waals surface area contributed by atoms with Crippen molar-refractivity contribution in [2.75, 3.05) is 5.73 Å². The Balaban J connectivity index is 1.86. The van der Waals surface area contributed by atoms with E-state index in [0.29, 0.717) is 49.1 Å². The largest absolute Gasteiger partial charge is 0.478 e. The van der Waals surface area contributed by atoms with Gasteiger partial charge in [-0.05, 0) is 54.6 Å². The highest BCUT2D eigenvalue weighted by Gasteiger charge is 2.19. The van der Waals surface area contributed by atoms with Gasteiger partial charge >= 0.3 is 5.97 Å². The lowest BCUT2D eigenvalue weighted by Crippen LogP contribution is -2.01. The summed E-state index contributed by atoms with van der Waals surface area (Å²) in [6.07, 6.45) is 0.637. The third-order valence-electron chi connectivity index (χ3n) is 4.32. The zero-order valence-electron chi connectivity index (χ0n) is 15.6. The van der Waals surface area contributed by atoms with Crippen LogP contribution >= 0.6 is 35.0 Å². The number of halogens is 2. The zero-order chi connectivity index (χ0) is 21.4. The summed E-state index contributed by atoms with van der Waals surface area (Å²) in [4.78, 5) is 21.0. The normalized spacial score (nSPS) is 11.2. The monoisotopic (exact) mass is 459 g/mol. The van der Waals surface area contributed by atoms with E-state index in [1.54, 1.807) is 41.1 Å². The minimum absolute atomic E-state index is 0.181. The molecule has 0 atom stereocenters. The van der Waals surface area contributed by atoms with Gasteiger partial charge in [-0.3, -0.25) is 0 Å². The van der Waals surface area contributed by atoms with Crippen LogP contribution in [0.2, 0.25) is 10.0 Å². The molecule has 10 heteroatoms. The fourth-order valence-corrected chi connectivity index (χ4v) is 4.36. The van der Waals surface area contributed by atoms with E-state index >= 15 is 0 Å². The lowest BCUT2D eigenvalue weighted by atomic mass is 10.2. The second-order valence-electron chi connectivity index (χ2n) is 6.36. The number of anilines is 1. The van der Waals surface area contributed by atoms with Crippen molar-refractivity contribution in [3.63, 3.8) is 0 Å². The van der Waals surface area contributed by atoms with Gasteiger partial charge in [-0.2, -0.15) is 5.10 Å². The Hall–Kier alpha value is -2.81. The predicted octanol–water partition coefficient (Wildman–Crippen LogP) is 5.12. The molecule has 0 radical (unpaired) electrons. The van der Waals surface area contributed by atoms with Gasteiger partial charge in [0.2, 0.25) is 0 Å². The molecule has 4 aromatic rings. The van der Waals surface area contributed by atoms with Crippen LogP contribution in [-0.4, -0.2) is 30.8 Å². The van der Waals surface area contributed by atoms with Gasteiger partial charge in [0.1, 0.15) is 5.82 Å². The van der Waals surface area contributed by atoms with Gasteiger partial charge in [-0.1, -0.05) is 36.2 Å². The van der Waals surface area contributed by atoms with Crippen LogP contribution in [0.3, 0.4) is 0 Å². The molecule has 0 saturated heterocycles. The third kappa shape index (κ3) is 3.94. The molecule has 0 bridgehead atoms. The fourth-order valence-electron chi connectivity index (χ4n) is 3.03. The van der Waals surface area contributed by atoms with E-state index in [-0.39, 0.29) is 5.56 Å². The van der Waals surface area contributed by atoms with Crippen molar-refractivity contribution in [2.45, 2.75) is 23.4 Å². The Morgan fingerprint density at radius 3 is 2.57 bits per heavy atom. The zero-order valence-corrected chi connectivity index (χ0v) is 18.0. The van der Waals surface area contributed by atoms with Gasteiger partial charge in [-0.15, -0.1) is 0 Å². The lowest BCUT2D eigenvalue weighted by Gasteiger charge is -2.07. The number of carboxylic acid groups (broad SMARTS) is 1. The average Bonchev–Trinajstić information content (AvgIpc) is 3.06. The van der Waals surface area contributed by atoms with Gasteiger partial charge in [0, 0.05) is 14.9 Å². The summed E-state index contributed by atoms with van der Waals surface area (Å²) >= 11 is 13.6. The number of rotatable bonds is 5. The molecular weight excluding hydrogens is 445 g/mol. The average molecular weight is 460 g/mol. The van der Waals surface area contributed by atoms with Crippen LogP contribution in [0.1, 0.15) is 23.0 Å². The third-order valence-corrected chi connectivity index (χ3v) is 5.62. The van der Waals surface area contributed by atoms with Crippen LogP contribution < -0.4 is 5.73 Å². The number of aromatic carboxylic acids is 1. The lowest BCUT2D eigenvalue weighted by molar-refractivity contribution is 0.0696. The first-order valence-corrected chi connectivity index (χ1v) is 10.5. The van der Waals surface area contributed by atoms with Gasteiger partial charge in [0.05, 0.1) is 22.3 Å². The Morgan fingerprint density at radius 2 is 1.90 bits per heavy atom. The number of aromatic nitrogens is 4. The van der Waals surface area contributed by atoms with Gasteiger partial charge in [0.25, 0.3) is 0 Å². The van der Waals surface area contributed by atoms with E-state index in [0.717, 1.165) is 5.69 Å². The second-order valence-corrected chi connectivity index (χ2v) is 8.28. The number of nitrogen functional groups attached to an aromatic ring is 1. The summed E-state index contributed by atoms with van der Waals surface area (Å²) in [6.45, 7) is 1.97. The van der Waals surface area contributed by atoms with Crippen LogP contribution in [0.4, 0.5) is 5.82 Å². The fraction of sp³-hybridized carbons (Fsp3) is 0.100. The van der Waals surface area contributed by atoms with Crippen molar-refractivity contribution < 1.29 is 9.90 Å². The summed E-state index contributed by atoms with van der Waals surface area (Å²) in [6, 6.07) is 11.6. The number of fused-ring (bicyclic) bond motifs is 1. The molecule has 0 aliphatic rings. The van der Waals surface area contributed by atoms with Gasteiger partial charge in [-0.25, -0.2) is 19.4 Å². The number of aryl methyl sites for hydroxylation is 1. The quantitative estimate of drug-likeness (QED) is 0.398. The molecule has 2 aromatic heterocycles. The number of nitrogens with zero attached hydrogens (tertiary/aromatic N) is 4. The molecule has 2 heterocycles. The summed E-state index contributed by atoms with van der Waals surface area (Å²) in [5, 5.41) is 15.8. The first-order chi connectivity index (χ1) is 14.4. The molecular formula is C20H15Cl2N5O2S. The minimum atomic E-state index is -1.00. The van der Waals surface area contributed by atoms with Crippen LogP contribution in [0, 0.1) is 0 Å². The maximum atomic E-state index is 11.2. The van der Waals surface area contributed by atoms with Crippen LogP contribution in [0.15, 0.2) is 52.5 Å². The molecule has 0 fully saturated rings. The van der Waals surface area contributed by atoms with Crippen molar-refractivity contribution in [2.24, 2.45) is 0 Å². The smallest absolute Gasteiger partial charge is 0.335 e. The summed E-state index contributed by atoms with van der Waals surface area (Å²) < 4.78 is 1.64. The molecule has 30 heavy (non-hydrogen) atoms. The number of benzene rings is 2. The summed E-state index contributed by atoms with van der Waals surface area (Å²) in [5.74, 6) is -0.704. The minimum Gasteiger partial charge on any atom is -0.478 e. The first kappa shape index (κ1) is 20.5. The van der Waals surface area contributed by atoms with Gasteiger partial charge < -0.3 is 10.8 Å². The van der Waals surface area contributed by atoms with Crippen molar-refractivity contribution in [1.82, 2.24) is 19.7 Å². The van der Waals surface area contributed by atoms with E-state index in [1.807, 2.05) is 6.92 Å². The van der Waals surface area contributed by atoms with Crippen LogP contribution in [-0.2, 0) is 6.42 Å². The molecule has 7 nitrogen and oxygen atoms in total. The molecule has 0 aliphatic heterocycles. The van der Waals surface area contributed by atoms with Crippen molar-refractivity contribution >= 4 is 57.8 Å². The van der Waals surface area contributed by atoms with Crippen LogP contribution in [0.25, 0.3) is 16.7 Å². The van der Waals surface area contributed by atoms with E-state index in [4.69, 9.17) is 28.9 Å².